The summed E-state index contributed by atoms with van der Waals surface area (Å²) in [6.45, 7) is 0. The molecule has 0 amide bonds. The third-order valence-corrected chi connectivity index (χ3v) is 8.42. The fraction of sp³-hybridized carbons (Fsp3) is 0.0870. The summed E-state index contributed by atoms with van der Waals surface area (Å²) < 4.78 is 2.85. The second-order valence-corrected chi connectivity index (χ2v) is 10.6. The van der Waals surface area contributed by atoms with E-state index >= 15 is 0 Å². The van der Waals surface area contributed by atoms with Crippen molar-refractivity contribution in [3.05, 3.63) is 97.2 Å². The Hall–Kier alpha value is -1.68. The second kappa shape index (κ2) is 6.94. The van der Waals surface area contributed by atoms with Crippen LogP contribution in [0.25, 0.3) is 0 Å². The van der Waals surface area contributed by atoms with E-state index in [4.69, 9.17) is 0 Å². The molecule has 3 aromatic carbocycles. The number of hydrogen-bond acceptors (Lipinski definition) is 3. The van der Waals surface area contributed by atoms with E-state index < -0.39 is 0 Å². The molecule has 0 aromatic heterocycles. The van der Waals surface area contributed by atoms with Crippen molar-refractivity contribution in [2.45, 2.75) is 11.8 Å². The number of hydrogen-bond donors (Lipinski definition) is 0. The quantitative estimate of drug-likeness (QED) is 0.183. The molecule has 29 heavy (non-hydrogen) atoms. The molecule has 0 fully saturated rings. The first-order valence-electron chi connectivity index (χ1n) is 8.68. The molecule has 0 radical (unpaired) electrons. The highest BCUT2D eigenvalue weighted by Gasteiger charge is 2.42. The first kappa shape index (κ1) is 19.3. The van der Waals surface area contributed by atoms with Gasteiger partial charge in [-0.1, -0.05) is 0 Å². The number of benzene rings is 3. The van der Waals surface area contributed by atoms with Crippen LogP contribution in [-0.4, -0.2) is 0 Å². The van der Waals surface area contributed by atoms with Crippen LogP contribution < -0.4 is 0 Å². The van der Waals surface area contributed by atoms with Crippen molar-refractivity contribution in [3.8, 4) is 18.2 Å². The predicted molar refractivity (Wildman–Crippen MR) is 134 cm³/mol. The van der Waals surface area contributed by atoms with Gasteiger partial charge in [0.15, 0.2) is 0 Å². The third-order valence-electron chi connectivity index (χ3n) is 5.75. The zero-order chi connectivity index (χ0) is 20.4. The topological polar surface area (TPSA) is 71.4 Å². The van der Waals surface area contributed by atoms with Crippen molar-refractivity contribution < 1.29 is 0 Å². The molecule has 2 bridgehead atoms. The zero-order valence-corrected chi connectivity index (χ0v) is 21.1. The minimum absolute atomic E-state index is 0.0452. The number of rotatable bonds is 0. The van der Waals surface area contributed by atoms with E-state index in [0.717, 1.165) is 27.4 Å². The maximum Gasteiger partial charge on any atom is 0.100 e. The number of halogens is 3. The van der Waals surface area contributed by atoms with Crippen LogP contribution in [0.4, 0.5) is 0 Å². The van der Waals surface area contributed by atoms with Crippen LogP contribution in [0.15, 0.2) is 36.4 Å². The van der Waals surface area contributed by atoms with Crippen LogP contribution in [0.3, 0.4) is 0 Å². The second-order valence-electron chi connectivity index (χ2n) is 7.08. The van der Waals surface area contributed by atoms with E-state index in [1.54, 1.807) is 0 Å². The van der Waals surface area contributed by atoms with Crippen LogP contribution in [0.5, 0.6) is 0 Å². The standard InChI is InChI=1S/C23H8I3N3/c24-19-4-16-13(1-10(19)7-27)22-14-2-11(8-28)20(25)5-17(14)23(16)18-6-21(26)12(9-29)3-15(18)22/h1-6,22-23H. The fourth-order valence-corrected chi connectivity index (χ4v) is 6.41. The SMILES string of the molecule is N#Cc1cc2c(cc1I)C1c3cc(I)c(C#N)cc3C2c2cc(C#N)c(I)cc21. The van der Waals surface area contributed by atoms with Crippen molar-refractivity contribution in [1.82, 2.24) is 0 Å². The third kappa shape index (κ3) is 2.67. The van der Waals surface area contributed by atoms with Gasteiger partial charge in [-0.05, 0) is 138 Å². The van der Waals surface area contributed by atoms with Gasteiger partial charge in [-0.3, -0.25) is 0 Å². The summed E-state index contributed by atoms with van der Waals surface area (Å²) in [5.41, 5.74) is 9.00. The molecule has 3 aliphatic rings. The molecule has 3 aromatic rings. The lowest BCUT2D eigenvalue weighted by atomic mass is 9.60. The van der Waals surface area contributed by atoms with Crippen LogP contribution in [0, 0.1) is 44.7 Å². The van der Waals surface area contributed by atoms with Gasteiger partial charge in [-0.2, -0.15) is 15.8 Å². The maximum absolute atomic E-state index is 9.57. The lowest BCUT2D eigenvalue weighted by Crippen LogP contribution is -2.28. The van der Waals surface area contributed by atoms with E-state index in [9.17, 15) is 15.8 Å². The van der Waals surface area contributed by atoms with E-state index in [0.29, 0.717) is 16.7 Å². The van der Waals surface area contributed by atoms with Gasteiger partial charge in [0.25, 0.3) is 0 Å². The highest BCUT2D eigenvalue weighted by atomic mass is 127. The van der Waals surface area contributed by atoms with Crippen molar-refractivity contribution in [1.29, 1.82) is 15.8 Å². The lowest BCUT2D eigenvalue weighted by molar-refractivity contribution is 0.750. The average Bonchev–Trinajstić information content (AvgIpc) is 2.71. The molecule has 136 valence electrons. The highest BCUT2D eigenvalue weighted by Crippen LogP contribution is 2.57. The van der Waals surface area contributed by atoms with Gasteiger partial charge in [-0.25, -0.2) is 0 Å². The smallest absolute Gasteiger partial charge is 0.100 e. The molecule has 0 heterocycles. The molecule has 6 rings (SSSR count). The molecular weight excluding hydrogens is 699 g/mol. The maximum atomic E-state index is 9.57. The van der Waals surface area contributed by atoms with Crippen LogP contribution in [-0.2, 0) is 0 Å². The van der Waals surface area contributed by atoms with Crippen molar-refractivity contribution in [2.75, 3.05) is 0 Å². The Morgan fingerprint density at radius 2 is 0.724 bits per heavy atom. The molecular formula is C23H8I3N3. The Morgan fingerprint density at radius 3 is 0.966 bits per heavy atom. The average molecular weight is 707 g/mol. The molecule has 6 heteroatoms. The van der Waals surface area contributed by atoms with Gasteiger partial charge in [0.1, 0.15) is 18.2 Å². The first-order chi connectivity index (χ1) is 14.0. The molecule has 3 aliphatic carbocycles. The largest absolute Gasteiger partial charge is 0.192 e. The van der Waals surface area contributed by atoms with Crippen LogP contribution in [0.1, 0.15) is 61.9 Å². The summed E-state index contributed by atoms with van der Waals surface area (Å²) in [7, 11) is 0. The minimum atomic E-state index is -0.0719. The molecule has 3 nitrogen and oxygen atoms in total. The van der Waals surface area contributed by atoms with Gasteiger partial charge in [-0.15, -0.1) is 0 Å². The summed E-state index contributed by atoms with van der Waals surface area (Å²) in [6.07, 6.45) is 0. The van der Waals surface area contributed by atoms with Crippen molar-refractivity contribution in [3.63, 3.8) is 0 Å². The number of nitriles is 3. The fourth-order valence-electron chi connectivity index (χ4n) is 4.58. The molecule has 0 saturated carbocycles. The monoisotopic (exact) mass is 707 g/mol. The molecule has 0 atom stereocenters. The first-order valence-corrected chi connectivity index (χ1v) is 11.9. The Balaban J connectivity index is 1.91. The van der Waals surface area contributed by atoms with Gasteiger partial charge < -0.3 is 0 Å². The van der Waals surface area contributed by atoms with Crippen molar-refractivity contribution in [2.24, 2.45) is 0 Å². The van der Waals surface area contributed by atoms with Crippen LogP contribution in [0.2, 0.25) is 0 Å². The lowest BCUT2D eigenvalue weighted by Gasteiger charge is -2.43. The Kier molecular flexibility index (Phi) is 4.62. The van der Waals surface area contributed by atoms with Gasteiger partial charge in [0, 0.05) is 22.5 Å². The summed E-state index contributed by atoms with van der Waals surface area (Å²) in [6, 6.07) is 19.3. The summed E-state index contributed by atoms with van der Waals surface area (Å²) >= 11 is 6.69. The minimum Gasteiger partial charge on any atom is -0.192 e. The van der Waals surface area contributed by atoms with E-state index in [1.165, 1.54) is 16.7 Å². The van der Waals surface area contributed by atoms with Gasteiger partial charge >= 0.3 is 0 Å². The zero-order valence-electron chi connectivity index (χ0n) is 14.6. The van der Waals surface area contributed by atoms with Gasteiger partial charge in [0.05, 0.1) is 16.7 Å². The highest BCUT2D eigenvalue weighted by molar-refractivity contribution is 14.1. The molecule has 0 spiro atoms. The Bertz CT molecular complexity index is 1220. The van der Waals surface area contributed by atoms with E-state index in [2.05, 4.69) is 104 Å². The predicted octanol–water partition coefficient (Wildman–Crippen LogP) is 6.10. The molecule has 0 unspecified atom stereocenters. The summed E-state index contributed by atoms with van der Waals surface area (Å²) in [5.74, 6) is -0.0268. The van der Waals surface area contributed by atoms with Crippen LogP contribution >= 0.6 is 67.8 Å². The molecule has 0 aliphatic heterocycles. The van der Waals surface area contributed by atoms with Crippen molar-refractivity contribution >= 4 is 67.8 Å². The number of nitrogens with zero attached hydrogens (tertiary/aromatic N) is 3. The summed E-state index contributed by atoms with van der Waals surface area (Å²) in [5, 5.41) is 28.7. The normalized spacial score (nSPS) is 17.4. The Morgan fingerprint density at radius 1 is 0.483 bits per heavy atom. The molecule has 0 N–H and O–H groups in total. The Labute approximate surface area is 208 Å². The molecule has 0 saturated heterocycles. The summed E-state index contributed by atoms with van der Waals surface area (Å²) in [4.78, 5) is 0. The van der Waals surface area contributed by atoms with E-state index in [1.807, 2.05) is 18.2 Å². The van der Waals surface area contributed by atoms with Gasteiger partial charge in [0.2, 0.25) is 0 Å². The van der Waals surface area contributed by atoms with E-state index in [-0.39, 0.29) is 11.8 Å².